The van der Waals surface area contributed by atoms with E-state index in [0.717, 1.165) is 0 Å². The lowest BCUT2D eigenvalue weighted by atomic mass is 10.1. The standard InChI is InChI=1S/C8H7Cl2FO/c9-4-8(12)5-1-2-7(11)6(10)3-5/h1-3,8,12H,4H2. The van der Waals surface area contributed by atoms with Crippen LogP contribution >= 0.6 is 23.2 Å². The molecule has 0 bridgehead atoms. The van der Waals surface area contributed by atoms with Gasteiger partial charge in [0.15, 0.2) is 0 Å². The van der Waals surface area contributed by atoms with Gasteiger partial charge in [-0.05, 0) is 17.7 Å². The van der Waals surface area contributed by atoms with Gasteiger partial charge in [0.05, 0.1) is 17.0 Å². The second-order valence-electron chi connectivity index (χ2n) is 2.34. The second kappa shape index (κ2) is 4.08. The number of hydrogen-bond acceptors (Lipinski definition) is 1. The van der Waals surface area contributed by atoms with Crippen LogP contribution < -0.4 is 0 Å². The molecular formula is C8H7Cl2FO. The van der Waals surface area contributed by atoms with Crippen molar-refractivity contribution >= 4 is 23.2 Å². The van der Waals surface area contributed by atoms with E-state index >= 15 is 0 Å². The van der Waals surface area contributed by atoms with Crippen molar-refractivity contribution in [2.45, 2.75) is 6.10 Å². The van der Waals surface area contributed by atoms with E-state index in [0.29, 0.717) is 5.56 Å². The maximum atomic E-state index is 12.6. The first-order valence-corrected chi connectivity index (χ1v) is 4.25. The molecule has 0 heterocycles. The molecule has 0 spiro atoms. The van der Waals surface area contributed by atoms with Crippen molar-refractivity contribution in [1.82, 2.24) is 0 Å². The molecule has 1 rings (SSSR count). The monoisotopic (exact) mass is 208 g/mol. The highest BCUT2D eigenvalue weighted by Gasteiger charge is 2.07. The van der Waals surface area contributed by atoms with E-state index in [-0.39, 0.29) is 10.9 Å². The van der Waals surface area contributed by atoms with Crippen LogP contribution in [0.1, 0.15) is 11.7 Å². The summed E-state index contributed by atoms with van der Waals surface area (Å²) in [6, 6.07) is 4.02. The lowest BCUT2D eigenvalue weighted by molar-refractivity contribution is 0.202. The van der Waals surface area contributed by atoms with E-state index in [1.807, 2.05) is 0 Å². The minimum Gasteiger partial charge on any atom is -0.387 e. The van der Waals surface area contributed by atoms with Crippen LogP contribution in [0.15, 0.2) is 18.2 Å². The quantitative estimate of drug-likeness (QED) is 0.742. The summed E-state index contributed by atoms with van der Waals surface area (Å²) < 4.78 is 12.6. The first-order valence-electron chi connectivity index (χ1n) is 3.34. The molecule has 1 atom stereocenters. The van der Waals surface area contributed by atoms with Gasteiger partial charge in [-0.25, -0.2) is 4.39 Å². The zero-order valence-corrected chi connectivity index (χ0v) is 7.61. The normalized spacial score (nSPS) is 13.0. The van der Waals surface area contributed by atoms with Gasteiger partial charge in [0.25, 0.3) is 0 Å². The van der Waals surface area contributed by atoms with Crippen LogP contribution in [0.25, 0.3) is 0 Å². The summed E-state index contributed by atoms with van der Waals surface area (Å²) >= 11 is 10.9. The predicted molar refractivity (Wildman–Crippen MR) is 47.1 cm³/mol. The molecule has 12 heavy (non-hydrogen) atoms. The van der Waals surface area contributed by atoms with Crippen molar-refractivity contribution in [2.75, 3.05) is 5.88 Å². The summed E-state index contributed by atoms with van der Waals surface area (Å²) in [4.78, 5) is 0. The Bertz CT molecular complexity index is 278. The molecule has 1 aromatic carbocycles. The maximum Gasteiger partial charge on any atom is 0.141 e. The van der Waals surface area contributed by atoms with Crippen molar-refractivity contribution in [2.24, 2.45) is 0 Å². The third-order valence-electron chi connectivity index (χ3n) is 1.47. The summed E-state index contributed by atoms with van der Waals surface area (Å²) in [6.07, 6.45) is -0.787. The molecule has 0 fully saturated rings. The second-order valence-corrected chi connectivity index (χ2v) is 3.06. The lowest BCUT2D eigenvalue weighted by Gasteiger charge is -2.06. The zero-order chi connectivity index (χ0) is 9.14. The Balaban J connectivity index is 2.96. The van der Waals surface area contributed by atoms with Crippen molar-refractivity contribution in [3.63, 3.8) is 0 Å². The fraction of sp³-hybridized carbons (Fsp3) is 0.250. The van der Waals surface area contributed by atoms with Gasteiger partial charge >= 0.3 is 0 Å². The van der Waals surface area contributed by atoms with Gasteiger partial charge in [0.2, 0.25) is 0 Å². The molecular weight excluding hydrogens is 202 g/mol. The molecule has 0 aliphatic heterocycles. The fourth-order valence-corrected chi connectivity index (χ4v) is 1.18. The molecule has 1 aromatic rings. The number of benzene rings is 1. The average molecular weight is 209 g/mol. The summed E-state index contributed by atoms with van der Waals surface area (Å²) in [5, 5.41) is 9.23. The van der Waals surface area contributed by atoms with Crippen LogP contribution in [0, 0.1) is 5.82 Å². The van der Waals surface area contributed by atoms with Gasteiger partial charge in [-0.1, -0.05) is 17.7 Å². The van der Waals surface area contributed by atoms with E-state index in [2.05, 4.69) is 0 Å². The third-order valence-corrected chi connectivity index (χ3v) is 2.06. The number of alkyl halides is 1. The Hall–Kier alpha value is -0.310. The number of rotatable bonds is 2. The van der Waals surface area contributed by atoms with Crippen molar-refractivity contribution in [3.05, 3.63) is 34.6 Å². The first kappa shape index (κ1) is 9.78. The molecule has 0 saturated heterocycles. The molecule has 0 radical (unpaired) electrons. The smallest absolute Gasteiger partial charge is 0.141 e. The summed E-state index contributed by atoms with van der Waals surface area (Å²) in [5.74, 6) is -0.427. The van der Waals surface area contributed by atoms with Crippen LogP contribution in [-0.2, 0) is 0 Å². The average Bonchev–Trinajstić information content (AvgIpc) is 2.08. The van der Waals surface area contributed by atoms with Crippen molar-refractivity contribution in [1.29, 1.82) is 0 Å². The SMILES string of the molecule is OC(CCl)c1ccc(F)c(Cl)c1. The lowest BCUT2D eigenvalue weighted by Crippen LogP contribution is -1.98. The number of aliphatic hydroxyl groups is 1. The summed E-state index contributed by atoms with van der Waals surface area (Å²) in [5.41, 5.74) is 0.524. The maximum absolute atomic E-state index is 12.6. The largest absolute Gasteiger partial charge is 0.387 e. The van der Waals surface area contributed by atoms with Crippen LogP contribution in [0.3, 0.4) is 0 Å². The van der Waals surface area contributed by atoms with Crippen LogP contribution in [0.5, 0.6) is 0 Å². The molecule has 4 heteroatoms. The minimum absolute atomic E-state index is 0.00309. The molecule has 0 aliphatic carbocycles. The Morgan fingerprint density at radius 3 is 2.67 bits per heavy atom. The van der Waals surface area contributed by atoms with Crippen molar-refractivity contribution in [3.8, 4) is 0 Å². The first-order chi connectivity index (χ1) is 5.65. The Morgan fingerprint density at radius 1 is 1.50 bits per heavy atom. The van der Waals surface area contributed by atoms with Gasteiger partial charge in [0, 0.05) is 0 Å². The van der Waals surface area contributed by atoms with Crippen LogP contribution in [-0.4, -0.2) is 11.0 Å². The summed E-state index contributed by atoms with van der Waals surface area (Å²) in [6.45, 7) is 0. The predicted octanol–water partition coefficient (Wildman–Crippen LogP) is 2.75. The van der Waals surface area contributed by atoms with Gasteiger partial charge < -0.3 is 5.11 Å². The molecule has 0 saturated carbocycles. The van der Waals surface area contributed by atoms with Gasteiger partial charge in [-0.2, -0.15) is 0 Å². The van der Waals surface area contributed by atoms with Gasteiger partial charge in [-0.3, -0.25) is 0 Å². The topological polar surface area (TPSA) is 20.2 Å². The van der Waals surface area contributed by atoms with E-state index < -0.39 is 11.9 Å². The minimum atomic E-state index is -0.787. The summed E-state index contributed by atoms with van der Waals surface area (Å²) in [7, 11) is 0. The van der Waals surface area contributed by atoms with Crippen LogP contribution in [0.2, 0.25) is 5.02 Å². The number of aliphatic hydroxyl groups excluding tert-OH is 1. The Labute approximate surface area is 79.7 Å². The van der Waals surface area contributed by atoms with E-state index in [4.69, 9.17) is 23.2 Å². The number of halogens is 3. The Kier molecular flexibility index (Phi) is 3.32. The van der Waals surface area contributed by atoms with Gasteiger partial charge in [0.1, 0.15) is 5.82 Å². The van der Waals surface area contributed by atoms with Gasteiger partial charge in [-0.15, -0.1) is 11.6 Å². The van der Waals surface area contributed by atoms with Crippen LogP contribution in [0.4, 0.5) is 4.39 Å². The van der Waals surface area contributed by atoms with E-state index in [9.17, 15) is 9.50 Å². The third kappa shape index (κ3) is 2.09. The molecule has 1 N–H and O–H groups in total. The molecule has 66 valence electrons. The highest BCUT2D eigenvalue weighted by molar-refractivity contribution is 6.30. The van der Waals surface area contributed by atoms with E-state index in [1.165, 1.54) is 18.2 Å². The van der Waals surface area contributed by atoms with Crippen molar-refractivity contribution < 1.29 is 9.50 Å². The highest BCUT2D eigenvalue weighted by Crippen LogP contribution is 2.21. The fourth-order valence-electron chi connectivity index (χ4n) is 0.809. The molecule has 1 nitrogen and oxygen atoms in total. The van der Waals surface area contributed by atoms with E-state index in [1.54, 1.807) is 0 Å². The molecule has 0 aromatic heterocycles. The molecule has 1 unspecified atom stereocenters. The number of hydrogen-bond donors (Lipinski definition) is 1. The molecule has 0 aliphatic rings. The zero-order valence-electron chi connectivity index (χ0n) is 6.10. The molecule has 0 amide bonds. The highest BCUT2D eigenvalue weighted by atomic mass is 35.5. The Morgan fingerprint density at radius 2 is 2.17 bits per heavy atom.